The van der Waals surface area contributed by atoms with Crippen molar-refractivity contribution >= 4 is 62.1 Å². The molecule has 0 spiro atoms. The molecule has 0 unspecified atom stereocenters. The fourth-order valence-electron chi connectivity index (χ4n) is 1.20. The molecule has 0 amide bonds. The maximum atomic E-state index is 5.78. The second kappa shape index (κ2) is 7.25. The summed E-state index contributed by atoms with van der Waals surface area (Å²) < 4.78 is 7.74. The lowest BCUT2D eigenvalue weighted by Gasteiger charge is -2.14. The SMILES string of the molecule is CC(C)Oc1c(I)cc(Br)cc1/C=N\NC(N)=S. The van der Waals surface area contributed by atoms with Gasteiger partial charge in [-0.1, -0.05) is 15.9 Å². The average molecular weight is 442 g/mol. The first kappa shape index (κ1) is 15.6. The number of benzene rings is 1. The summed E-state index contributed by atoms with van der Waals surface area (Å²) in [4.78, 5) is 0. The van der Waals surface area contributed by atoms with Gasteiger partial charge in [0.05, 0.1) is 15.9 Å². The minimum atomic E-state index is 0.0929. The van der Waals surface area contributed by atoms with Crippen LogP contribution in [0.5, 0.6) is 5.75 Å². The molecule has 0 aliphatic carbocycles. The number of hydrogen-bond acceptors (Lipinski definition) is 3. The number of halogens is 2. The number of ether oxygens (including phenoxy) is 1. The zero-order valence-corrected chi connectivity index (χ0v) is 14.5. The van der Waals surface area contributed by atoms with Crippen LogP contribution in [-0.4, -0.2) is 17.4 Å². The molecule has 0 aliphatic heterocycles. The quantitative estimate of drug-likeness (QED) is 0.326. The molecule has 0 aromatic heterocycles. The van der Waals surface area contributed by atoms with Crippen LogP contribution in [0, 0.1) is 3.57 Å². The van der Waals surface area contributed by atoms with Crippen molar-refractivity contribution in [3.8, 4) is 5.75 Å². The molecular weight excluding hydrogens is 429 g/mol. The maximum Gasteiger partial charge on any atom is 0.184 e. The molecule has 1 rings (SSSR count). The number of hydrazone groups is 1. The monoisotopic (exact) mass is 441 g/mol. The van der Waals surface area contributed by atoms with E-state index in [4.69, 9.17) is 10.5 Å². The Kier molecular flexibility index (Phi) is 6.30. The van der Waals surface area contributed by atoms with Crippen LogP contribution in [0.15, 0.2) is 21.7 Å². The zero-order valence-electron chi connectivity index (χ0n) is 9.91. The fourth-order valence-corrected chi connectivity index (χ4v) is 2.93. The largest absolute Gasteiger partial charge is 0.489 e. The lowest BCUT2D eigenvalue weighted by Crippen LogP contribution is -2.24. The predicted molar refractivity (Wildman–Crippen MR) is 90.1 cm³/mol. The van der Waals surface area contributed by atoms with Gasteiger partial charge in [0.15, 0.2) is 5.11 Å². The molecule has 3 N–H and O–H groups in total. The standard InChI is InChI=1S/C11H13BrIN3OS/c1-6(2)17-10-7(5-15-16-11(14)18)3-8(12)4-9(10)13/h3-6H,1-2H3,(H3,14,16,18)/b15-5-. The second-order valence-electron chi connectivity index (χ2n) is 3.71. The van der Waals surface area contributed by atoms with Crippen LogP contribution in [-0.2, 0) is 0 Å². The molecule has 1 aromatic carbocycles. The van der Waals surface area contributed by atoms with Gasteiger partial charge in [-0.15, -0.1) is 0 Å². The van der Waals surface area contributed by atoms with E-state index in [0.29, 0.717) is 0 Å². The Labute approximate surface area is 134 Å². The highest BCUT2D eigenvalue weighted by atomic mass is 127. The summed E-state index contributed by atoms with van der Waals surface area (Å²) in [6.07, 6.45) is 1.72. The van der Waals surface area contributed by atoms with Gasteiger partial charge in [-0.2, -0.15) is 5.10 Å². The van der Waals surface area contributed by atoms with E-state index >= 15 is 0 Å². The molecule has 7 heteroatoms. The number of nitrogens with zero attached hydrogens (tertiary/aromatic N) is 1. The third-order valence-electron chi connectivity index (χ3n) is 1.77. The first-order valence-electron chi connectivity index (χ1n) is 5.14. The van der Waals surface area contributed by atoms with Crippen LogP contribution in [0.2, 0.25) is 0 Å². The van der Waals surface area contributed by atoms with Crippen LogP contribution in [0.4, 0.5) is 0 Å². The van der Waals surface area contributed by atoms with Gasteiger partial charge < -0.3 is 10.5 Å². The van der Waals surface area contributed by atoms with Crippen molar-refractivity contribution < 1.29 is 4.74 Å². The van der Waals surface area contributed by atoms with Crippen molar-refractivity contribution in [1.82, 2.24) is 5.43 Å². The highest BCUT2D eigenvalue weighted by Crippen LogP contribution is 2.29. The summed E-state index contributed by atoms with van der Waals surface area (Å²) in [5.41, 5.74) is 8.67. The van der Waals surface area contributed by atoms with Crippen molar-refractivity contribution in [2.75, 3.05) is 0 Å². The molecule has 98 valence electrons. The minimum Gasteiger partial charge on any atom is -0.489 e. The topological polar surface area (TPSA) is 59.6 Å². The highest BCUT2D eigenvalue weighted by Gasteiger charge is 2.10. The molecule has 0 fully saturated rings. The molecule has 0 heterocycles. The number of hydrogen-bond donors (Lipinski definition) is 2. The van der Waals surface area contributed by atoms with Gasteiger partial charge in [0, 0.05) is 10.0 Å². The predicted octanol–water partition coefficient (Wildman–Crippen LogP) is 3.01. The van der Waals surface area contributed by atoms with Gasteiger partial charge >= 0.3 is 0 Å². The van der Waals surface area contributed by atoms with E-state index < -0.39 is 0 Å². The Morgan fingerprint density at radius 3 is 2.83 bits per heavy atom. The van der Waals surface area contributed by atoms with Crippen LogP contribution in [0.3, 0.4) is 0 Å². The average Bonchev–Trinajstić information content (AvgIpc) is 2.22. The van der Waals surface area contributed by atoms with Gasteiger partial charge in [0.2, 0.25) is 0 Å². The second-order valence-corrected chi connectivity index (χ2v) is 6.22. The number of nitrogens with two attached hydrogens (primary N) is 1. The molecule has 0 saturated heterocycles. The van der Waals surface area contributed by atoms with Crippen molar-refractivity contribution in [2.24, 2.45) is 10.8 Å². The fraction of sp³-hybridized carbons (Fsp3) is 0.273. The van der Waals surface area contributed by atoms with E-state index in [1.165, 1.54) is 0 Å². The van der Waals surface area contributed by atoms with Gasteiger partial charge in [-0.3, -0.25) is 5.43 Å². The Balaban J connectivity index is 3.06. The third kappa shape index (κ3) is 5.07. The summed E-state index contributed by atoms with van der Waals surface area (Å²) >= 11 is 10.3. The highest BCUT2D eigenvalue weighted by molar-refractivity contribution is 14.1. The van der Waals surface area contributed by atoms with Crippen molar-refractivity contribution in [3.63, 3.8) is 0 Å². The van der Waals surface area contributed by atoms with Crippen LogP contribution in [0.1, 0.15) is 19.4 Å². The van der Waals surface area contributed by atoms with Gasteiger partial charge in [0.25, 0.3) is 0 Å². The summed E-state index contributed by atoms with van der Waals surface area (Å²) in [6, 6.07) is 3.90. The normalized spacial score (nSPS) is 10.9. The first-order chi connectivity index (χ1) is 8.40. The van der Waals surface area contributed by atoms with E-state index in [1.807, 2.05) is 26.0 Å². The number of thiocarbonyl (C=S) groups is 1. The molecule has 18 heavy (non-hydrogen) atoms. The van der Waals surface area contributed by atoms with E-state index in [-0.39, 0.29) is 11.2 Å². The molecule has 0 atom stereocenters. The lowest BCUT2D eigenvalue weighted by atomic mass is 10.2. The summed E-state index contributed by atoms with van der Waals surface area (Å²) in [6.45, 7) is 3.96. The Bertz CT molecular complexity index is 480. The zero-order chi connectivity index (χ0) is 13.7. The van der Waals surface area contributed by atoms with E-state index in [2.05, 4.69) is 61.3 Å². The van der Waals surface area contributed by atoms with E-state index in [1.54, 1.807) is 6.21 Å². The lowest BCUT2D eigenvalue weighted by molar-refractivity contribution is 0.240. The Hall–Kier alpha value is -0.410. The molecule has 0 bridgehead atoms. The first-order valence-corrected chi connectivity index (χ1v) is 7.42. The number of nitrogens with one attached hydrogen (secondary N) is 1. The summed E-state index contributed by atoms with van der Waals surface area (Å²) in [7, 11) is 0. The smallest absolute Gasteiger partial charge is 0.184 e. The Morgan fingerprint density at radius 2 is 2.28 bits per heavy atom. The van der Waals surface area contributed by atoms with Crippen molar-refractivity contribution in [2.45, 2.75) is 20.0 Å². The number of rotatable bonds is 4. The molecule has 0 saturated carbocycles. The summed E-state index contributed by atoms with van der Waals surface area (Å²) in [5, 5.41) is 4.07. The van der Waals surface area contributed by atoms with Crippen LogP contribution >= 0.6 is 50.7 Å². The van der Waals surface area contributed by atoms with Gasteiger partial charge in [-0.25, -0.2) is 0 Å². The Morgan fingerprint density at radius 1 is 1.61 bits per heavy atom. The maximum absolute atomic E-state index is 5.78. The molecular formula is C11H13BrIN3OS. The van der Waals surface area contributed by atoms with E-state index in [0.717, 1.165) is 19.4 Å². The summed E-state index contributed by atoms with van der Waals surface area (Å²) in [5.74, 6) is 0.794. The van der Waals surface area contributed by atoms with Gasteiger partial charge in [-0.05, 0) is 60.8 Å². The minimum absolute atomic E-state index is 0.0929. The van der Waals surface area contributed by atoms with E-state index in [9.17, 15) is 0 Å². The molecule has 1 aromatic rings. The van der Waals surface area contributed by atoms with Gasteiger partial charge in [0.1, 0.15) is 5.75 Å². The van der Waals surface area contributed by atoms with Crippen molar-refractivity contribution in [3.05, 3.63) is 25.7 Å². The molecule has 0 radical (unpaired) electrons. The van der Waals surface area contributed by atoms with Crippen LogP contribution < -0.4 is 15.9 Å². The molecule has 0 aliphatic rings. The van der Waals surface area contributed by atoms with Crippen molar-refractivity contribution in [1.29, 1.82) is 0 Å². The van der Waals surface area contributed by atoms with Crippen LogP contribution in [0.25, 0.3) is 0 Å². The molecule has 4 nitrogen and oxygen atoms in total. The third-order valence-corrected chi connectivity index (χ3v) is 3.12.